The standard InChI is InChI=1S/C15H21N5OS/c1-2-3-11-4-5-12-13(8-11)22-15(18-12)19-14(21)6-7-20-10-16-9-17-20/h9-11H,2-8H2,1H3,(H,18,19,21)/t11-/m1/s1. The second-order valence-corrected chi connectivity index (χ2v) is 6.83. The first-order chi connectivity index (χ1) is 10.7. The molecule has 7 heteroatoms. The van der Waals surface area contributed by atoms with Crippen LogP contribution in [-0.2, 0) is 24.2 Å². The average molecular weight is 319 g/mol. The number of carbonyl (C=O) groups is 1. The Morgan fingerprint density at radius 2 is 2.45 bits per heavy atom. The fourth-order valence-electron chi connectivity index (χ4n) is 2.90. The summed E-state index contributed by atoms with van der Waals surface area (Å²) in [4.78, 5) is 21.8. The highest BCUT2D eigenvalue weighted by molar-refractivity contribution is 7.15. The normalized spacial score (nSPS) is 17.2. The van der Waals surface area contributed by atoms with Gasteiger partial charge in [-0.1, -0.05) is 19.8 Å². The van der Waals surface area contributed by atoms with Gasteiger partial charge in [-0.25, -0.2) is 9.97 Å². The Bertz CT molecular complexity index is 622. The molecule has 0 unspecified atom stereocenters. The minimum atomic E-state index is -0.0216. The lowest BCUT2D eigenvalue weighted by Gasteiger charge is -2.19. The summed E-state index contributed by atoms with van der Waals surface area (Å²) in [5.74, 6) is 0.764. The number of hydrogen-bond acceptors (Lipinski definition) is 5. The molecule has 0 spiro atoms. The molecule has 2 heterocycles. The van der Waals surface area contributed by atoms with Crippen LogP contribution in [0.15, 0.2) is 12.7 Å². The Labute approximate surface area is 134 Å². The van der Waals surface area contributed by atoms with Gasteiger partial charge in [-0.3, -0.25) is 9.48 Å². The van der Waals surface area contributed by atoms with Gasteiger partial charge in [0.2, 0.25) is 5.91 Å². The van der Waals surface area contributed by atoms with Crippen LogP contribution < -0.4 is 5.32 Å². The van der Waals surface area contributed by atoms with Crippen molar-refractivity contribution in [2.75, 3.05) is 5.32 Å². The zero-order valence-corrected chi connectivity index (χ0v) is 13.6. The van der Waals surface area contributed by atoms with Gasteiger partial charge in [-0.05, 0) is 25.2 Å². The summed E-state index contributed by atoms with van der Waals surface area (Å²) in [5, 5.41) is 7.64. The molecule has 0 aromatic carbocycles. The molecule has 1 atom stereocenters. The van der Waals surface area contributed by atoms with Crippen LogP contribution in [0.3, 0.4) is 0 Å². The molecule has 0 fully saturated rings. The van der Waals surface area contributed by atoms with Gasteiger partial charge in [0.25, 0.3) is 0 Å². The predicted octanol–water partition coefficient (Wildman–Crippen LogP) is 2.67. The van der Waals surface area contributed by atoms with Gasteiger partial charge in [0.05, 0.1) is 12.2 Å². The average Bonchev–Trinajstić information content (AvgIpc) is 3.13. The van der Waals surface area contributed by atoms with Crippen molar-refractivity contribution >= 4 is 22.4 Å². The monoisotopic (exact) mass is 319 g/mol. The van der Waals surface area contributed by atoms with E-state index in [0.29, 0.717) is 13.0 Å². The Hall–Kier alpha value is -1.76. The van der Waals surface area contributed by atoms with Crippen molar-refractivity contribution in [3.8, 4) is 0 Å². The number of aryl methyl sites for hydroxylation is 2. The molecule has 2 aromatic heterocycles. The number of fused-ring (bicyclic) bond motifs is 1. The number of nitrogens with zero attached hydrogens (tertiary/aromatic N) is 4. The number of rotatable bonds is 6. The molecule has 2 aromatic rings. The van der Waals surface area contributed by atoms with Crippen molar-refractivity contribution in [1.29, 1.82) is 0 Å². The summed E-state index contributed by atoms with van der Waals surface area (Å²) in [6, 6.07) is 0. The number of nitrogens with one attached hydrogen (secondary N) is 1. The van der Waals surface area contributed by atoms with Gasteiger partial charge in [0, 0.05) is 11.3 Å². The molecule has 0 bridgehead atoms. The van der Waals surface area contributed by atoms with Crippen molar-refractivity contribution in [2.45, 2.75) is 52.0 Å². The van der Waals surface area contributed by atoms with Crippen LogP contribution in [0.1, 0.15) is 43.2 Å². The first-order valence-electron chi connectivity index (χ1n) is 7.85. The lowest BCUT2D eigenvalue weighted by atomic mass is 9.88. The van der Waals surface area contributed by atoms with E-state index < -0.39 is 0 Å². The fourth-order valence-corrected chi connectivity index (χ4v) is 4.04. The van der Waals surface area contributed by atoms with E-state index >= 15 is 0 Å². The third-order valence-electron chi connectivity index (χ3n) is 4.02. The van der Waals surface area contributed by atoms with Crippen LogP contribution >= 0.6 is 11.3 Å². The van der Waals surface area contributed by atoms with Gasteiger partial charge in [-0.2, -0.15) is 5.10 Å². The maximum Gasteiger partial charge on any atom is 0.228 e. The zero-order chi connectivity index (χ0) is 15.4. The van der Waals surface area contributed by atoms with Crippen LogP contribution in [0.4, 0.5) is 5.13 Å². The molecule has 0 saturated carbocycles. The summed E-state index contributed by atoms with van der Waals surface area (Å²) in [6.45, 7) is 2.78. The van der Waals surface area contributed by atoms with E-state index in [-0.39, 0.29) is 5.91 Å². The van der Waals surface area contributed by atoms with Gasteiger partial charge in [-0.15, -0.1) is 11.3 Å². The summed E-state index contributed by atoms with van der Waals surface area (Å²) in [7, 11) is 0. The highest BCUT2D eigenvalue weighted by Crippen LogP contribution is 2.34. The lowest BCUT2D eigenvalue weighted by Crippen LogP contribution is -2.14. The zero-order valence-electron chi connectivity index (χ0n) is 12.8. The maximum atomic E-state index is 12.0. The van der Waals surface area contributed by atoms with E-state index in [1.54, 1.807) is 22.3 Å². The molecule has 1 aliphatic carbocycles. The summed E-state index contributed by atoms with van der Waals surface area (Å²) in [6.07, 6.45) is 9.39. The van der Waals surface area contributed by atoms with Crippen LogP contribution in [0.25, 0.3) is 0 Å². The third-order valence-corrected chi connectivity index (χ3v) is 5.05. The number of carbonyl (C=O) groups excluding carboxylic acids is 1. The number of aromatic nitrogens is 4. The van der Waals surface area contributed by atoms with Crippen molar-refractivity contribution in [2.24, 2.45) is 5.92 Å². The first kappa shape index (κ1) is 15.1. The van der Waals surface area contributed by atoms with Gasteiger partial charge >= 0.3 is 0 Å². The molecule has 118 valence electrons. The molecule has 0 radical (unpaired) electrons. The summed E-state index contributed by atoms with van der Waals surface area (Å²) >= 11 is 1.64. The van der Waals surface area contributed by atoms with Crippen LogP contribution in [-0.4, -0.2) is 25.7 Å². The highest BCUT2D eigenvalue weighted by atomic mass is 32.1. The van der Waals surface area contributed by atoms with E-state index in [4.69, 9.17) is 0 Å². The maximum absolute atomic E-state index is 12.0. The highest BCUT2D eigenvalue weighted by Gasteiger charge is 2.22. The third kappa shape index (κ3) is 3.71. The SMILES string of the molecule is CCC[C@@H]1CCc2nc(NC(=O)CCn3cncn3)sc2C1. The molecule has 0 aliphatic heterocycles. The molecule has 1 amide bonds. The molecule has 0 saturated heterocycles. The van der Waals surface area contributed by atoms with Crippen LogP contribution in [0, 0.1) is 5.92 Å². The Balaban J connectivity index is 1.54. The molecule has 1 aliphatic rings. The van der Waals surface area contributed by atoms with Crippen molar-refractivity contribution in [1.82, 2.24) is 19.7 Å². The fraction of sp³-hybridized carbons (Fsp3) is 0.600. The van der Waals surface area contributed by atoms with Gasteiger partial charge < -0.3 is 5.32 Å². The van der Waals surface area contributed by atoms with Crippen LogP contribution in [0.5, 0.6) is 0 Å². The van der Waals surface area contributed by atoms with E-state index in [1.165, 1.54) is 36.2 Å². The van der Waals surface area contributed by atoms with Crippen molar-refractivity contribution < 1.29 is 4.79 Å². The van der Waals surface area contributed by atoms with E-state index in [1.807, 2.05) is 0 Å². The largest absolute Gasteiger partial charge is 0.302 e. The molecule has 1 N–H and O–H groups in total. The molecular formula is C15H21N5OS. The van der Waals surface area contributed by atoms with Crippen molar-refractivity contribution in [3.05, 3.63) is 23.2 Å². The van der Waals surface area contributed by atoms with E-state index in [2.05, 4.69) is 27.3 Å². The smallest absolute Gasteiger partial charge is 0.228 e. The second-order valence-electron chi connectivity index (χ2n) is 5.74. The molecule has 22 heavy (non-hydrogen) atoms. The molecule has 6 nitrogen and oxygen atoms in total. The molecular weight excluding hydrogens is 298 g/mol. The van der Waals surface area contributed by atoms with Gasteiger partial charge in [0.15, 0.2) is 5.13 Å². The number of amides is 1. The summed E-state index contributed by atoms with van der Waals surface area (Å²) in [5.41, 5.74) is 1.18. The number of thiazole rings is 1. The van der Waals surface area contributed by atoms with Crippen molar-refractivity contribution in [3.63, 3.8) is 0 Å². The topological polar surface area (TPSA) is 72.7 Å². The Morgan fingerprint density at radius 3 is 3.23 bits per heavy atom. The first-order valence-corrected chi connectivity index (χ1v) is 8.67. The molecule has 3 rings (SSSR count). The quantitative estimate of drug-likeness (QED) is 0.888. The lowest BCUT2D eigenvalue weighted by molar-refractivity contribution is -0.116. The minimum absolute atomic E-state index is 0.0216. The van der Waals surface area contributed by atoms with E-state index in [9.17, 15) is 4.79 Å². The Morgan fingerprint density at radius 1 is 1.55 bits per heavy atom. The minimum Gasteiger partial charge on any atom is -0.302 e. The number of hydrogen-bond donors (Lipinski definition) is 1. The second kappa shape index (κ2) is 7.00. The predicted molar refractivity (Wildman–Crippen MR) is 85.8 cm³/mol. The van der Waals surface area contributed by atoms with Gasteiger partial charge in [0.1, 0.15) is 12.7 Å². The van der Waals surface area contributed by atoms with Crippen LogP contribution in [0.2, 0.25) is 0 Å². The number of anilines is 1. The summed E-state index contributed by atoms with van der Waals surface area (Å²) < 4.78 is 1.65. The Kier molecular flexibility index (Phi) is 4.82. The van der Waals surface area contributed by atoms with E-state index in [0.717, 1.165) is 23.9 Å².